The molecule has 0 saturated carbocycles. The Balaban J connectivity index is 2.11. The van der Waals surface area contributed by atoms with Gasteiger partial charge in [-0.3, -0.25) is 0 Å². The van der Waals surface area contributed by atoms with Crippen molar-refractivity contribution in [3.63, 3.8) is 0 Å². The Kier molecular flexibility index (Phi) is 4.68. The molecule has 0 aromatic heterocycles. The molecule has 0 aliphatic carbocycles. The minimum Gasteiger partial charge on any atom is -0.323 e. The lowest BCUT2D eigenvalue weighted by atomic mass is 10.00. The second kappa shape index (κ2) is 5.89. The van der Waals surface area contributed by atoms with Crippen LogP contribution in [0.15, 0.2) is 18.2 Å². The maximum absolute atomic E-state index is 6.46. The summed E-state index contributed by atoms with van der Waals surface area (Å²) in [5.74, 6) is 1.17. The molecule has 3 heteroatoms. The molecular formula is C15H23NS2. The number of thioether (sulfide) groups is 2. The maximum atomic E-state index is 6.46. The molecule has 0 radical (unpaired) electrons. The van der Waals surface area contributed by atoms with Gasteiger partial charge >= 0.3 is 0 Å². The van der Waals surface area contributed by atoms with E-state index in [0.29, 0.717) is 10.5 Å². The van der Waals surface area contributed by atoms with Crippen molar-refractivity contribution < 1.29 is 0 Å². The van der Waals surface area contributed by atoms with E-state index >= 15 is 0 Å². The van der Waals surface area contributed by atoms with Gasteiger partial charge in [0.2, 0.25) is 0 Å². The second-order valence-corrected chi connectivity index (χ2v) is 8.32. The van der Waals surface area contributed by atoms with Crippen molar-refractivity contribution in [2.45, 2.75) is 49.5 Å². The van der Waals surface area contributed by atoms with E-state index in [0.717, 1.165) is 5.25 Å². The smallest absolute Gasteiger partial charge is 0.0423 e. The number of aryl methyl sites for hydroxylation is 2. The van der Waals surface area contributed by atoms with Crippen molar-refractivity contribution in [1.29, 1.82) is 0 Å². The molecule has 1 aromatic rings. The normalized spacial score (nSPS) is 30.2. The fourth-order valence-corrected chi connectivity index (χ4v) is 5.23. The molecule has 100 valence electrons. The summed E-state index contributed by atoms with van der Waals surface area (Å²) in [4.78, 5) is 0. The minimum absolute atomic E-state index is 0.164. The SMILES string of the molecule is Cc1ccc(C(N)C2CSC(C)C(C)S2)cc1C. The van der Waals surface area contributed by atoms with E-state index in [2.05, 4.69) is 69.4 Å². The largest absolute Gasteiger partial charge is 0.323 e. The van der Waals surface area contributed by atoms with Crippen molar-refractivity contribution >= 4 is 23.5 Å². The van der Waals surface area contributed by atoms with Crippen molar-refractivity contribution in [2.75, 3.05) is 5.75 Å². The Morgan fingerprint density at radius 2 is 1.89 bits per heavy atom. The van der Waals surface area contributed by atoms with Gasteiger partial charge in [-0.25, -0.2) is 0 Å². The molecule has 1 aromatic carbocycles. The molecule has 1 saturated heterocycles. The van der Waals surface area contributed by atoms with Gasteiger partial charge in [0.05, 0.1) is 0 Å². The fraction of sp³-hybridized carbons (Fsp3) is 0.600. The Morgan fingerprint density at radius 1 is 1.17 bits per heavy atom. The summed E-state index contributed by atoms with van der Waals surface area (Å²) >= 11 is 4.13. The predicted octanol–water partition coefficient (Wildman–Crippen LogP) is 3.93. The van der Waals surface area contributed by atoms with Crippen molar-refractivity contribution in [1.82, 2.24) is 0 Å². The topological polar surface area (TPSA) is 26.0 Å². The second-order valence-electron chi connectivity index (χ2n) is 5.29. The van der Waals surface area contributed by atoms with Gasteiger partial charge in [-0.2, -0.15) is 23.5 Å². The number of benzene rings is 1. The average Bonchev–Trinajstić information content (AvgIpc) is 2.35. The number of hydrogen-bond acceptors (Lipinski definition) is 3. The number of hydrogen-bond donors (Lipinski definition) is 1. The van der Waals surface area contributed by atoms with Gasteiger partial charge in [-0.05, 0) is 30.5 Å². The molecule has 0 amide bonds. The molecule has 4 unspecified atom stereocenters. The summed E-state index contributed by atoms with van der Waals surface area (Å²) in [7, 11) is 0. The molecule has 1 heterocycles. The van der Waals surface area contributed by atoms with Gasteiger partial charge in [0, 0.05) is 27.5 Å². The molecule has 18 heavy (non-hydrogen) atoms. The van der Waals surface area contributed by atoms with Crippen LogP contribution in [0.2, 0.25) is 0 Å². The summed E-state index contributed by atoms with van der Waals surface area (Å²) in [6, 6.07) is 6.81. The Hall–Kier alpha value is -0.120. The maximum Gasteiger partial charge on any atom is 0.0423 e. The van der Waals surface area contributed by atoms with Crippen LogP contribution in [-0.2, 0) is 0 Å². The van der Waals surface area contributed by atoms with E-state index in [1.54, 1.807) is 0 Å². The molecule has 2 rings (SSSR count). The Morgan fingerprint density at radius 3 is 2.50 bits per heavy atom. The number of rotatable bonds is 2. The molecule has 0 spiro atoms. The van der Waals surface area contributed by atoms with E-state index in [1.165, 1.54) is 22.4 Å². The van der Waals surface area contributed by atoms with Crippen molar-refractivity contribution in [3.8, 4) is 0 Å². The van der Waals surface area contributed by atoms with E-state index in [9.17, 15) is 0 Å². The molecule has 4 atom stereocenters. The zero-order valence-electron chi connectivity index (χ0n) is 11.6. The summed E-state index contributed by atoms with van der Waals surface area (Å²) in [5.41, 5.74) is 10.4. The molecular weight excluding hydrogens is 258 g/mol. The van der Waals surface area contributed by atoms with E-state index in [-0.39, 0.29) is 6.04 Å². The highest BCUT2D eigenvalue weighted by Crippen LogP contribution is 2.40. The third-order valence-electron chi connectivity index (χ3n) is 3.89. The summed E-state index contributed by atoms with van der Waals surface area (Å²) < 4.78 is 0. The molecule has 1 aliphatic rings. The highest BCUT2D eigenvalue weighted by Gasteiger charge is 2.30. The highest BCUT2D eigenvalue weighted by atomic mass is 32.2. The lowest BCUT2D eigenvalue weighted by Gasteiger charge is -2.34. The van der Waals surface area contributed by atoms with Crippen molar-refractivity contribution in [3.05, 3.63) is 34.9 Å². The van der Waals surface area contributed by atoms with Crippen LogP contribution in [0, 0.1) is 13.8 Å². The van der Waals surface area contributed by atoms with Gasteiger partial charge in [-0.15, -0.1) is 0 Å². The van der Waals surface area contributed by atoms with Gasteiger partial charge in [-0.1, -0.05) is 32.0 Å². The van der Waals surface area contributed by atoms with Crippen LogP contribution in [0.3, 0.4) is 0 Å². The molecule has 1 aliphatic heterocycles. The quantitative estimate of drug-likeness (QED) is 0.889. The first kappa shape index (κ1) is 14.3. The summed E-state index contributed by atoms with van der Waals surface area (Å²) in [5, 5.41) is 1.99. The third-order valence-corrected chi connectivity index (χ3v) is 7.41. The third kappa shape index (κ3) is 3.06. The predicted molar refractivity (Wildman–Crippen MR) is 85.6 cm³/mol. The van der Waals surface area contributed by atoms with Crippen LogP contribution >= 0.6 is 23.5 Å². The molecule has 1 fully saturated rings. The van der Waals surface area contributed by atoms with Gasteiger partial charge in [0.15, 0.2) is 0 Å². The van der Waals surface area contributed by atoms with Crippen LogP contribution in [0.4, 0.5) is 0 Å². The van der Waals surface area contributed by atoms with Gasteiger partial charge in [0.1, 0.15) is 0 Å². The Labute approximate surface area is 119 Å². The zero-order valence-corrected chi connectivity index (χ0v) is 13.3. The first-order valence-corrected chi connectivity index (χ1v) is 8.58. The van der Waals surface area contributed by atoms with E-state index < -0.39 is 0 Å². The summed E-state index contributed by atoms with van der Waals surface area (Å²) in [6.45, 7) is 8.96. The van der Waals surface area contributed by atoms with Crippen molar-refractivity contribution in [2.24, 2.45) is 5.73 Å². The van der Waals surface area contributed by atoms with Crippen LogP contribution in [0.5, 0.6) is 0 Å². The average molecular weight is 281 g/mol. The molecule has 0 bridgehead atoms. The monoisotopic (exact) mass is 281 g/mol. The summed E-state index contributed by atoms with van der Waals surface area (Å²) in [6.07, 6.45) is 0. The van der Waals surface area contributed by atoms with Gasteiger partial charge in [0.25, 0.3) is 0 Å². The van der Waals surface area contributed by atoms with Crippen LogP contribution < -0.4 is 5.73 Å². The van der Waals surface area contributed by atoms with Crippen LogP contribution in [0.1, 0.15) is 36.6 Å². The first-order chi connectivity index (χ1) is 8.49. The lowest BCUT2D eigenvalue weighted by molar-refractivity contribution is 0.707. The van der Waals surface area contributed by atoms with Crippen LogP contribution in [0.25, 0.3) is 0 Å². The molecule has 1 nitrogen and oxygen atoms in total. The van der Waals surface area contributed by atoms with Gasteiger partial charge < -0.3 is 5.73 Å². The fourth-order valence-electron chi connectivity index (χ4n) is 2.18. The number of nitrogens with two attached hydrogens (primary N) is 1. The van der Waals surface area contributed by atoms with E-state index in [1.807, 2.05) is 0 Å². The first-order valence-electron chi connectivity index (χ1n) is 6.59. The lowest BCUT2D eigenvalue weighted by Crippen LogP contribution is -2.34. The standard InChI is InChI=1S/C15H23NS2/c1-9-5-6-13(7-10(9)2)15(16)14-8-17-11(3)12(4)18-14/h5-7,11-12,14-15H,8,16H2,1-4H3. The zero-order chi connectivity index (χ0) is 13.3. The molecule has 2 N–H and O–H groups in total. The Bertz CT molecular complexity index is 419. The highest BCUT2D eigenvalue weighted by molar-refractivity contribution is 8.07. The minimum atomic E-state index is 0.164. The van der Waals surface area contributed by atoms with Crippen LogP contribution in [-0.4, -0.2) is 21.5 Å². The van der Waals surface area contributed by atoms with E-state index in [4.69, 9.17) is 5.73 Å².